The molecule has 1 unspecified atom stereocenters. The van der Waals surface area contributed by atoms with Crippen LogP contribution in [-0.4, -0.2) is 21.1 Å². The SMILES string of the molecule is CCc1sc2ncnc(SC(C)C(N)=O)c2c1-c1ccc(Br)cc1. The topological polar surface area (TPSA) is 68.9 Å². The molecule has 0 aliphatic carbocycles. The number of rotatable bonds is 5. The monoisotopic (exact) mass is 421 g/mol. The average Bonchev–Trinajstić information content (AvgIpc) is 2.95. The van der Waals surface area contributed by atoms with E-state index < -0.39 is 0 Å². The van der Waals surface area contributed by atoms with Gasteiger partial charge in [0.25, 0.3) is 0 Å². The number of hydrogen-bond donors (Lipinski definition) is 1. The van der Waals surface area contributed by atoms with Crippen LogP contribution < -0.4 is 5.73 Å². The van der Waals surface area contributed by atoms with Crippen LogP contribution in [0.3, 0.4) is 0 Å². The van der Waals surface area contributed by atoms with E-state index in [2.05, 4.69) is 45.0 Å². The van der Waals surface area contributed by atoms with Crippen molar-refractivity contribution in [1.82, 2.24) is 9.97 Å². The Hall–Kier alpha value is -1.44. The van der Waals surface area contributed by atoms with Gasteiger partial charge in [0.2, 0.25) is 5.91 Å². The highest BCUT2D eigenvalue weighted by Crippen LogP contribution is 2.42. The fourth-order valence-corrected chi connectivity index (χ4v) is 4.74. The minimum Gasteiger partial charge on any atom is -0.369 e. The van der Waals surface area contributed by atoms with E-state index in [1.54, 1.807) is 24.6 Å². The van der Waals surface area contributed by atoms with Gasteiger partial charge in [0, 0.05) is 14.9 Å². The molecule has 2 N–H and O–H groups in total. The van der Waals surface area contributed by atoms with Crippen molar-refractivity contribution in [2.24, 2.45) is 5.73 Å². The van der Waals surface area contributed by atoms with Gasteiger partial charge in [0.05, 0.1) is 10.6 Å². The predicted octanol–water partition coefficient (Wildman–Crippen LogP) is 4.65. The van der Waals surface area contributed by atoms with Crippen molar-refractivity contribution in [3.63, 3.8) is 0 Å². The quantitative estimate of drug-likeness (QED) is 0.480. The van der Waals surface area contributed by atoms with Crippen molar-refractivity contribution in [1.29, 1.82) is 0 Å². The highest BCUT2D eigenvalue weighted by atomic mass is 79.9. The summed E-state index contributed by atoms with van der Waals surface area (Å²) < 4.78 is 1.04. The summed E-state index contributed by atoms with van der Waals surface area (Å²) in [5, 5.41) is 1.48. The Labute approximate surface area is 157 Å². The maximum atomic E-state index is 11.4. The van der Waals surface area contributed by atoms with E-state index in [9.17, 15) is 4.79 Å². The van der Waals surface area contributed by atoms with Crippen LogP contribution in [0.1, 0.15) is 18.7 Å². The third-order valence-corrected chi connectivity index (χ3v) is 6.56. The first-order valence-electron chi connectivity index (χ1n) is 7.49. The first-order valence-corrected chi connectivity index (χ1v) is 9.98. The predicted molar refractivity (Wildman–Crippen MR) is 104 cm³/mol. The highest BCUT2D eigenvalue weighted by molar-refractivity contribution is 9.10. The van der Waals surface area contributed by atoms with Gasteiger partial charge in [0.15, 0.2) is 0 Å². The number of thiophene rings is 1. The van der Waals surface area contributed by atoms with Gasteiger partial charge in [-0.15, -0.1) is 11.3 Å². The van der Waals surface area contributed by atoms with E-state index in [0.29, 0.717) is 0 Å². The zero-order valence-corrected chi connectivity index (χ0v) is 16.5. The number of aromatic nitrogens is 2. The molecule has 24 heavy (non-hydrogen) atoms. The van der Waals surface area contributed by atoms with Crippen molar-refractivity contribution < 1.29 is 4.79 Å². The molecule has 1 atom stereocenters. The van der Waals surface area contributed by atoms with Crippen LogP contribution in [0.4, 0.5) is 0 Å². The van der Waals surface area contributed by atoms with E-state index >= 15 is 0 Å². The largest absolute Gasteiger partial charge is 0.369 e. The standard InChI is InChI=1S/C17H16BrN3OS2/c1-3-12-13(10-4-6-11(18)7-5-10)14-16(23-9(2)15(19)22)20-8-21-17(14)24-12/h4-9H,3H2,1-2H3,(H2,19,22). The number of aryl methyl sites for hydroxylation is 1. The smallest absolute Gasteiger partial charge is 0.230 e. The minimum absolute atomic E-state index is 0.342. The van der Waals surface area contributed by atoms with Gasteiger partial charge in [-0.1, -0.05) is 46.7 Å². The Balaban J connectivity index is 2.22. The summed E-state index contributed by atoms with van der Waals surface area (Å²) in [5.74, 6) is -0.345. The molecule has 0 saturated heterocycles. The zero-order valence-electron chi connectivity index (χ0n) is 13.2. The third-order valence-electron chi connectivity index (χ3n) is 3.67. The molecule has 0 bridgehead atoms. The summed E-state index contributed by atoms with van der Waals surface area (Å²) in [7, 11) is 0. The van der Waals surface area contributed by atoms with Gasteiger partial charge in [-0.2, -0.15) is 0 Å². The molecule has 3 rings (SSSR count). The van der Waals surface area contributed by atoms with E-state index in [-0.39, 0.29) is 11.2 Å². The fourth-order valence-electron chi connectivity index (χ4n) is 2.44. The van der Waals surface area contributed by atoms with Crippen molar-refractivity contribution in [2.45, 2.75) is 30.5 Å². The Morgan fingerprint density at radius 1 is 1.33 bits per heavy atom. The Kier molecular flexibility index (Phi) is 5.22. The van der Waals surface area contributed by atoms with E-state index in [4.69, 9.17) is 5.73 Å². The van der Waals surface area contributed by atoms with Gasteiger partial charge in [-0.3, -0.25) is 4.79 Å². The molecular formula is C17H16BrN3OS2. The second-order valence-corrected chi connectivity index (χ2v) is 8.61. The highest BCUT2D eigenvalue weighted by Gasteiger charge is 2.21. The maximum absolute atomic E-state index is 11.4. The van der Waals surface area contributed by atoms with Crippen LogP contribution in [0, 0.1) is 0 Å². The van der Waals surface area contributed by atoms with Gasteiger partial charge in [-0.05, 0) is 31.0 Å². The van der Waals surface area contributed by atoms with Crippen LogP contribution in [-0.2, 0) is 11.2 Å². The molecule has 7 heteroatoms. The Morgan fingerprint density at radius 2 is 2.04 bits per heavy atom. The number of primary amides is 1. The molecule has 2 heterocycles. The minimum atomic E-state index is -0.345. The molecule has 4 nitrogen and oxygen atoms in total. The summed E-state index contributed by atoms with van der Waals surface area (Å²) in [6.45, 7) is 3.94. The van der Waals surface area contributed by atoms with Crippen molar-refractivity contribution in [2.75, 3.05) is 0 Å². The number of carbonyl (C=O) groups is 1. The lowest BCUT2D eigenvalue weighted by Crippen LogP contribution is -2.22. The number of amides is 1. The molecule has 0 saturated carbocycles. The second kappa shape index (κ2) is 7.21. The number of nitrogens with two attached hydrogens (primary N) is 1. The number of thioether (sulfide) groups is 1. The number of nitrogens with zero attached hydrogens (tertiary/aromatic N) is 2. The molecule has 3 aromatic rings. The van der Waals surface area contributed by atoms with E-state index in [1.165, 1.54) is 16.6 Å². The average molecular weight is 422 g/mol. The Morgan fingerprint density at radius 3 is 2.67 bits per heavy atom. The van der Waals surface area contributed by atoms with Crippen molar-refractivity contribution in [3.05, 3.63) is 39.9 Å². The lowest BCUT2D eigenvalue weighted by Gasteiger charge is -2.09. The maximum Gasteiger partial charge on any atom is 0.230 e. The lowest BCUT2D eigenvalue weighted by molar-refractivity contribution is -0.117. The first kappa shape index (κ1) is 17.4. The second-order valence-electron chi connectivity index (χ2n) is 5.28. The summed E-state index contributed by atoms with van der Waals surface area (Å²) in [5.41, 5.74) is 7.71. The summed E-state index contributed by atoms with van der Waals surface area (Å²) >= 11 is 6.55. The molecule has 124 valence electrons. The third kappa shape index (κ3) is 3.34. The van der Waals surface area contributed by atoms with Crippen LogP contribution in [0.15, 0.2) is 40.1 Å². The van der Waals surface area contributed by atoms with Gasteiger partial charge < -0.3 is 5.73 Å². The normalized spacial score (nSPS) is 12.5. The molecule has 1 amide bonds. The van der Waals surface area contributed by atoms with E-state index in [1.807, 2.05) is 12.1 Å². The number of fused-ring (bicyclic) bond motifs is 1. The molecule has 0 fully saturated rings. The van der Waals surface area contributed by atoms with Crippen LogP contribution in [0.2, 0.25) is 0 Å². The van der Waals surface area contributed by atoms with Gasteiger partial charge in [-0.25, -0.2) is 9.97 Å². The zero-order chi connectivity index (χ0) is 17.3. The molecule has 2 aromatic heterocycles. The number of carbonyl (C=O) groups excluding carboxylic acids is 1. The molecule has 0 aliphatic rings. The van der Waals surface area contributed by atoms with Gasteiger partial charge >= 0.3 is 0 Å². The summed E-state index contributed by atoms with van der Waals surface area (Å²) in [4.78, 5) is 22.5. The number of benzene rings is 1. The molecule has 0 radical (unpaired) electrons. The number of hydrogen-bond acceptors (Lipinski definition) is 5. The molecule has 0 spiro atoms. The fraction of sp³-hybridized carbons (Fsp3) is 0.235. The van der Waals surface area contributed by atoms with Crippen molar-refractivity contribution >= 4 is 55.2 Å². The Bertz CT molecular complexity index is 893. The summed E-state index contributed by atoms with van der Waals surface area (Å²) in [6.07, 6.45) is 2.47. The lowest BCUT2D eigenvalue weighted by atomic mass is 10.0. The first-order chi connectivity index (χ1) is 11.5. The number of halogens is 1. The van der Waals surface area contributed by atoms with Crippen LogP contribution in [0.25, 0.3) is 21.3 Å². The summed E-state index contributed by atoms with van der Waals surface area (Å²) in [6, 6.07) is 8.23. The van der Waals surface area contributed by atoms with Gasteiger partial charge in [0.1, 0.15) is 16.2 Å². The van der Waals surface area contributed by atoms with Crippen LogP contribution >= 0.6 is 39.0 Å². The molecular weight excluding hydrogens is 406 g/mol. The van der Waals surface area contributed by atoms with E-state index in [0.717, 1.165) is 37.3 Å². The van der Waals surface area contributed by atoms with Crippen molar-refractivity contribution in [3.8, 4) is 11.1 Å². The molecule has 1 aromatic carbocycles. The van der Waals surface area contributed by atoms with Crippen LogP contribution in [0.5, 0.6) is 0 Å². The molecule has 0 aliphatic heterocycles.